The maximum absolute atomic E-state index is 12.6. The van der Waals surface area contributed by atoms with Crippen molar-refractivity contribution in [1.29, 1.82) is 0 Å². The van der Waals surface area contributed by atoms with Crippen LogP contribution in [0.4, 0.5) is 5.69 Å². The van der Waals surface area contributed by atoms with Crippen molar-refractivity contribution in [3.8, 4) is 5.75 Å². The number of methoxy groups -OCH3 is 1. The number of carbonyl (C=O) groups is 1. The fraction of sp³-hybridized carbons (Fsp3) is 0.278. The first-order valence-electron chi connectivity index (χ1n) is 8.33. The number of aromatic nitrogens is 4. The molecule has 3 rings (SSSR count). The summed E-state index contributed by atoms with van der Waals surface area (Å²) < 4.78 is 7.51. The molecule has 0 saturated heterocycles. The molecule has 0 aliphatic rings. The first kappa shape index (κ1) is 19.6. The Morgan fingerprint density at radius 3 is 2.61 bits per heavy atom. The largest absolute Gasteiger partial charge is 0.495 e. The Hall–Kier alpha value is -3.14. The van der Waals surface area contributed by atoms with Gasteiger partial charge in [-0.1, -0.05) is 23.9 Å². The van der Waals surface area contributed by atoms with Crippen LogP contribution in [0.15, 0.2) is 38.9 Å². The van der Waals surface area contributed by atoms with Gasteiger partial charge in [-0.25, -0.2) is 14.8 Å². The molecule has 0 saturated carbocycles. The molecule has 3 aromatic rings. The number of fused-ring (bicyclic) bond motifs is 1. The molecule has 0 bridgehead atoms. The van der Waals surface area contributed by atoms with E-state index >= 15 is 0 Å². The van der Waals surface area contributed by atoms with Gasteiger partial charge in [-0.3, -0.25) is 18.7 Å². The van der Waals surface area contributed by atoms with E-state index in [9.17, 15) is 14.4 Å². The quantitative estimate of drug-likeness (QED) is 0.503. The third-order valence-electron chi connectivity index (χ3n) is 4.10. The van der Waals surface area contributed by atoms with Crippen molar-refractivity contribution >= 4 is 34.4 Å². The Bertz CT molecular complexity index is 1190. The lowest BCUT2D eigenvalue weighted by Crippen LogP contribution is -2.37. The maximum Gasteiger partial charge on any atom is 0.332 e. The minimum Gasteiger partial charge on any atom is -0.495 e. The summed E-state index contributed by atoms with van der Waals surface area (Å²) in [4.78, 5) is 45.6. The van der Waals surface area contributed by atoms with Gasteiger partial charge in [0.1, 0.15) is 22.0 Å². The molecule has 0 unspecified atom stereocenters. The number of para-hydroxylation sites is 2. The van der Waals surface area contributed by atoms with Crippen molar-refractivity contribution in [3.63, 3.8) is 0 Å². The average Bonchev–Trinajstić information content (AvgIpc) is 2.69. The predicted molar refractivity (Wildman–Crippen MR) is 107 cm³/mol. The van der Waals surface area contributed by atoms with Crippen LogP contribution in [0, 0.1) is 6.92 Å². The van der Waals surface area contributed by atoms with Crippen molar-refractivity contribution in [3.05, 3.63) is 50.9 Å². The molecule has 28 heavy (non-hydrogen) atoms. The minimum absolute atomic E-state index is 0.0234. The standard InChI is InChI=1S/C18H19N5O4S/c1-10-19-15-14(17(25)23(3)18(26)22(15)2)16(20-10)28-9-13(24)21-11-7-5-6-8-12(11)27-4/h5-8H,9H2,1-4H3,(H,21,24). The first-order valence-corrected chi connectivity index (χ1v) is 9.32. The second kappa shape index (κ2) is 7.85. The highest BCUT2D eigenvalue weighted by Gasteiger charge is 2.17. The second-order valence-corrected chi connectivity index (χ2v) is 6.98. The minimum atomic E-state index is -0.495. The van der Waals surface area contributed by atoms with Crippen LogP contribution in [-0.4, -0.2) is 37.9 Å². The first-order chi connectivity index (χ1) is 13.3. The number of nitrogens with one attached hydrogen (secondary N) is 1. The zero-order valence-electron chi connectivity index (χ0n) is 15.8. The van der Waals surface area contributed by atoms with Gasteiger partial charge < -0.3 is 10.1 Å². The van der Waals surface area contributed by atoms with E-state index in [0.717, 1.165) is 16.3 Å². The van der Waals surface area contributed by atoms with Gasteiger partial charge in [0.25, 0.3) is 5.56 Å². The third kappa shape index (κ3) is 3.63. The lowest BCUT2D eigenvalue weighted by Gasteiger charge is -2.11. The van der Waals surface area contributed by atoms with E-state index < -0.39 is 11.2 Å². The van der Waals surface area contributed by atoms with E-state index in [1.165, 1.54) is 18.7 Å². The van der Waals surface area contributed by atoms with Gasteiger partial charge in [0.05, 0.1) is 18.6 Å². The molecule has 1 aromatic carbocycles. The number of hydrogen-bond acceptors (Lipinski definition) is 7. The molecule has 2 heterocycles. The van der Waals surface area contributed by atoms with Crippen LogP contribution >= 0.6 is 11.8 Å². The van der Waals surface area contributed by atoms with Crippen LogP contribution in [0.25, 0.3) is 11.0 Å². The predicted octanol–water partition coefficient (Wildman–Crippen LogP) is 1.08. The Morgan fingerprint density at radius 1 is 1.18 bits per heavy atom. The smallest absolute Gasteiger partial charge is 0.332 e. The van der Waals surface area contributed by atoms with Gasteiger partial charge in [-0.2, -0.15) is 0 Å². The Labute approximate surface area is 164 Å². The summed E-state index contributed by atoms with van der Waals surface area (Å²) in [7, 11) is 4.46. The van der Waals surface area contributed by atoms with Gasteiger partial charge in [-0.15, -0.1) is 0 Å². The highest BCUT2D eigenvalue weighted by atomic mass is 32.2. The number of ether oxygens (including phenoxy) is 1. The molecular formula is C18H19N5O4S. The summed E-state index contributed by atoms with van der Waals surface area (Å²) in [5.74, 6) is 0.701. The lowest BCUT2D eigenvalue weighted by atomic mass is 10.3. The number of nitrogens with zero attached hydrogens (tertiary/aromatic N) is 4. The molecule has 0 radical (unpaired) electrons. The van der Waals surface area contributed by atoms with E-state index in [-0.39, 0.29) is 22.7 Å². The third-order valence-corrected chi connectivity index (χ3v) is 5.08. The topological polar surface area (TPSA) is 108 Å². The van der Waals surface area contributed by atoms with E-state index in [1.807, 2.05) is 0 Å². The molecule has 0 fully saturated rings. The summed E-state index contributed by atoms with van der Waals surface area (Å²) in [5.41, 5.74) is -0.169. The Morgan fingerprint density at radius 2 is 1.89 bits per heavy atom. The van der Waals surface area contributed by atoms with Gasteiger partial charge in [0.2, 0.25) is 5.91 Å². The zero-order chi connectivity index (χ0) is 20.4. The molecule has 10 heteroatoms. The highest BCUT2D eigenvalue weighted by Crippen LogP contribution is 2.25. The number of benzene rings is 1. The van der Waals surface area contributed by atoms with Gasteiger partial charge in [0.15, 0.2) is 5.65 Å². The maximum atomic E-state index is 12.6. The van der Waals surface area contributed by atoms with Crippen LogP contribution in [-0.2, 0) is 18.9 Å². The second-order valence-electron chi connectivity index (χ2n) is 6.02. The fourth-order valence-electron chi connectivity index (χ4n) is 2.71. The van der Waals surface area contributed by atoms with Gasteiger partial charge in [-0.05, 0) is 19.1 Å². The van der Waals surface area contributed by atoms with Crippen LogP contribution in [0.1, 0.15) is 5.82 Å². The van der Waals surface area contributed by atoms with E-state index in [4.69, 9.17) is 4.74 Å². The number of anilines is 1. The summed E-state index contributed by atoms with van der Waals surface area (Å²) in [6.45, 7) is 1.67. The van der Waals surface area contributed by atoms with E-state index in [2.05, 4.69) is 15.3 Å². The normalized spacial score (nSPS) is 10.9. The van der Waals surface area contributed by atoms with Crippen molar-refractivity contribution in [2.75, 3.05) is 18.2 Å². The number of thioether (sulfide) groups is 1. The van der Waals surface area contributed by atoms with Gasteiger partial charge >= 0.3 is 5.69 Å². The SMILES string of the molecule is COc1ccccc1NC(=O)CSc1nc(C)nc2c1c(=O)n(C)c(=O)n2C. The summed E-state index contributed by atoms with van der Waals surface area (Å²) in [6, 6.07) is 7.07. The number of carbonyl (C=O) groups excluding carboxylic acids is 1. The highest BCUT2D eigenvalue weighted by molar-refractivity contribution is 8.00. The number of rotatable bonds is 5. The zero-order valence-corrected chi connectivity index (χ0v) is 16.7. The van der Waals surface area contributed by atoms with Crippen LogP contribution in [0.5, 0.6) is 5.75 Å². The number of amides is 1. The number of aryl methyl sites for hydroxylation is 2. The molecule has 1 amide bonds. The van der Waals surface area contributed by atoms with Crippen molar-refractivity contribution < 1.29 is 9.53 Å². The molecular weight excluding hydrogens is 382 g/mol. The van der Waals surface area contributed by atoms with E-state index in [1.54, 1.807) is 38.2 Å². The van der Waals surface area contributed by atoms with Gasteiger partial charge in [0, 0.05) is 14.1 Å². The fourth-order valence-corrected chi connectivity index (χ4v) is 3.56. The molecule has 2 aromatic heterocycles. The Balaban J connectivity index is 1.92. The summed E-state index contributed by atoms with van der Waals surface area (Å²) in [5, 5.41) is 3.34. The van der Waals surface area contributed by atoms with Crippen molar-refractivity contribution in [2.45, 2.75) is 11.9 Å². The van der Waals surface area contributed by atoms with Crippen molar-refractivity contribution in [2.24, 2.45) is 14.1 Å². The summed E-state index contributed by atoms with van der Waals surface area (Å²) in [6.07, 6.45) is 0. The molecule has 9 nitrogen and oxygen atoms in total. The monoisotopic (exact) mass is 401 g/mol. The summed E-state index contributed by atoms with van der Waals surface area (Å²) >= 11 is 1.11. The molecule has 0 aliphatic heterocycles. The Kier molecular flexibility index (Phi) is 5.50. The molecule has 0 aliphatic carbocycles. The van der Waals surface area contributed by atoms with Crippen LogP contribution < -0.4 is 21.3 Å². The van der Waals surface area contributed by atoms with E-state index in [0.29, 0.717) is 22.3 Å². The lowest BCUT2D eigenvalue weighted by molar-refractivity contribution is -0.113. The average molecular weight is 401 g/mol. The molecule has 0 spiro atoms. The van der Waals surface area contributed by atoms with Crippen molar-refractivity contribution in [1.82, 2.24) is 19.1 Å². The van der Waals surface area contributed by atoms with Crippen LogP contribution in [0.2, 0.25) is 0 Å². The van der Waals surface area contributed by atoms with Crippen LogP contribution in [0.3, 0.4) is 0 Å². The molecule has 1 N–H and O–H groups in total. The molecule has 146 valence electrons. The number of hydrogen-bond donors (Lipinski definition) is 1. The molecule has 0 atom stereocenters.